The van der Waals surface area contributed by atoms with Crippen LogP contribution in [0.25, 0.3) is 0 Å². The number of rotatable bonds is 1. The second-order valence-electron chi connectivity index (χ2n) is 5.12. The van der Waals surface area contributed by atoms with Crippen LogP contribution in [0.5, 0.6) is 5.75 Å². The number of nitrogen functional groups attached to an aromatic ring is 1. The number of amides is 1. The molecule has 3 N–H and O–H groups in total. The largest absolute Gasteiger partial charge is 0.507 e. The highest BCUT2D eigenvalue weighted by Gasteiger charge is 2.24. The fraction of sp³-hybridized carbons (Fsp3) is 0.188. The minimum atomic E-state index is -0.165. The Morgan fingerprint density at radius 1 is 1.29 bits per heavy atom. The monoisotopic (exact) mass is 346 g/mol. The predicted octanol–water partition coefficient (Wildman–Crippen LogP) is 2.94. The van der Waals surface area contributed by atoms with Gasteiger partial charge in [-0.3, -0.25) is 4.79 Å². The van der Waals surface area contributed by atoms with Gasteiger partial charge in [0.2, 0.25) is 0 Å². The van der Waals surface area contributed by atoms with Gasteiger partial charge in [0.15, 0.2) is 0 Å². The maximum Gasteiger partial charge on any atom is 0.257 e. The van der Waals surface area contributed by atoms with Crippen molar-refractivity contribution in [1.82, 2.24) is 4.90 Å². The topological polar surface area (TPSA) is 66.6 Å². The van der Waals surface area contributed by atoms with Gasteiger partial charge in [0, 0.05) is 23.2 Å². The van der Waals surface area contributed by atoms with E-state index >= 15 is 0 Å². The van der Waals surface area contributed by atoms with Crippen LogP contribution in [0.4, 0.5) is 5.69 Å². The molecule has 1 aliphatic heterocycles. The Morgan fingerprint density at radius 2 is 2.10 bits per heavy atom. The standard InChI is InChI=1S/C16H15BrN2O2/c17-11-4-5-15(20)13(8-11)16(21)19-7-6-12-10(9-19)2-1-3-14(12)18/h1-5,8,20H,6-7,9,18H2. The number of anilines is 1. The molecule has 0 atom stereocenters. The van der Waals surface area contributed by atoms with Crippen molar-refractivity contribution in [2.75, 3.05) is 12.3 Å². The van der Waals surface area contributed by atoms with E-state index in [0.717, 1.165) is 27.7 Å². The number of fused-ring (bicyclic) bond motifs is 1. The Hall–Kier alpha value is -2.01. The molecule has 21 heavy (non-hydrogen) atoms. The van der Waals surface area contributed by atoms with E-state index in [2.05, 4.69) is 15.9 Å². The van der Waals surface area contributed by atoms with Crippen molar-refractivity contribution in [3.63, 3.8) is 0 Å². The SMILES string of the molecule is Nc1cccc2c1CCN(C(=O)c1cc(Br)ccc1O)C2. The molecule has 5 heteroatoms. The zero-order chi connectivity index (χ0) is 15.0. The van der Waals surface area contributed by atoms with Crippen molar-refractivity contribution in [3.05, 3.63) is 57.6 Å². The first-order chi connectivity index (χ1) is 10.1. The van der Waals surface area contributed by atoms with Crippen LogP contribution in [0, 0.1) is 0 Å². The van der Waals surface area contributed by atoms with Crippen LogP contribution < -0.4 is 5.73 Å². The van der Waals surface area contributed by atoms with Gasteiger partial charge in [-0.25, -0.2) is 0 Å². The van der Waals surface area contributed by atoms with Gasteiger partial charge in [-0.1, -0.05) is 28.1 Å². The van der Waals surface area contributed by atoms with E-state index in [1.54, 1.807) is 17.0 Å². The van der Waals surface area contributed by atoms with Crippen LogP contribution in [-0.4, -0.2) is 22.5 Å². The molecule has 2 aromatic carbocycles. The van der Waals surface area contributed by atoms with Crippen LogP contribution >= 0.6 is 15.9 Å². The maximum atomic E-state index is 12.6. The third-order valence-corrected chi connectivity index (χ3v) is 4.27. The van der Waals surface area contributed by atoms with Gasteiger partial charge < -0.3 is 15.7 Å². The highest BCUT2D eigenvalue weighted by atomic mass is 79.9. The number of carbonyl (C=O) groups excluding carboxylic acids is 1. The molecule has 0 saturated heterocycles. The van der Waals surface area contributed by atoms with Crippen molar-refractivity contribution in [2.24, 2.45) is 0 Å². The van der Waals surface area contributed by atoms with Crippen molar-refractivity contribution < 1.29 is 9.90 Å². The number of hydrogen-bond donors (Lipinski definition) is 2. The van der Waals surface area contributed by atoms with Gasteiger partial charge in [-0.2, -0.15) is 0 Å². The van der Waals surface area contributed by atoms with E-state index < -0.39 is 0 Å². The van der Waals surface area contributed by atoms with Crippen LogP contribution in [0.15, 0.2) is 40.9 Å². The first-order valence-electron chi connectivity index (χ1n) is 6.70. The second-order valence-corrected chi connectivity index (χ2v) is 6.04. The Morgan fingerprint density at radius 3 is 2.90 bits per heavy atom. The lowest BCUT2D eigenvalue weighted by molar-refractivity contribution is 0.0731. The van der Waals surface area contributed by atoms with Crippen LogP contribution in [0.1, 0.15) is 21.5 Å². The smallest absolute Gasteiger partial charge is 0.257 e. The Balaban J connectivity index is 1.89. The summed E-state index contributed by atoms with van der Waals surface area (Å²) in [6.07, 6.45) is 0.739. The van der Waals surface area contributed by atoms with E-state index in [9.17, 15) is 9.90 Å². The van der Waals surface area contributed by atoms with E-state index in [0.29, 0.717) is 18.7 Å². The summed E-state index contributed by atoms with van der Waals surface area (Å²) in [5.41, 5.74) is 9.27. The van der Waals surface area contributed by atoms with Crippen molar-refractivity contribution in [1.29, 1.82) is 0 Å². The number of carbonyl (C=O) groups is 1. The number of halogens is 1. The molecule has 2 aromatic rings. The van der Waals surface area contributed by atoms with Gasteiger partial charge in [-0.15, -0.1) is 0 Å². The molecular weight excluding hydrogens is 332 g/mol. The lowest BCUT2D eigenvalue weighted by Gasteiger charge is -2.29. The first kappa shape index (κ1) is 13.9. The molecule has 0 radical (unpaired) electrons. The summed E-state index contributed by atoms with van der Waals surface area (Å²) < 4.78 is 0.769. The van der Waals surface area contributed by atoms with Crippen molar-refractivity contribution in [2.45, 2.75) is 13.0 Å². The van der Waals surface area contributed by atoms with Crippen LogP contribution in [0.3, 0.4) is 0 Å². The molecule has 1 aliphatic rings. The van der Waals surface area contributed by atoms with Crippen LogP contribution in [-0.2, 0) is 13.0 Å². The number of hydrogen-bond acceptors (Lipinski definition) is 3. The third kappa shape index (κ3) is 2.61. The lowest BCUT2D eigenvalue weighted by atomic mass is 9.97. The molecule has 1 heterocycles. The quantitative estimate of drug-likeness (QED) is 0.780. The number of phenolic OH excluding ortho intramolecular Hbond substituents is 1. The average Bonchev–Trinajstić information content (AvgIpc) is 2.49. The van der Waals surface area contributed by atoms with Gasteiger partial charge in [0.05, 0.1) is 5.56 Å². The predicted molar refractivity (Wildman–Crippen MR) is 85.1 cm³/mol. The van der Waals surface area contributed by atoms with Crippen molar-refractivity contribution in [3.8, 4) is 5.75 Å². The zero-order valence-electron chi connectivity index (χ0n) is 11.3. The number of nitrogens with zero attached hydrogens (tertiary/aromatic N) is 1. The molecule has 0 spiro atoms. The van der Waals surface area contributed by atoms with Gasteiger partial charge in [0.25, 0.3) is 5.91 Å². The molecule has 0 saturated carbocycles. The molecule has 0 aromatic heterocycles. The molecule has 4 nitrogen and oxygen atoms in total. The van der Waals surface area contributed by atoms with Gasteiger partial charge >= 0.3 is 0 Å². The average molecular weight is 347 g/mol. The molecule has 108 valence electrons. The summed E-state index contributed by atoms with van der Waals surface area (Å²) in [4.78, 5) is 14.3. The molecule has 0 aliphatic carbocycles. The Labute approximate surface area is 131 Å². The summed E-state index contributed by atoms with van der Waals surface area (Å²) in [7, 11) is 0. The third-order valence-electron chi connectivity index (χ3n) is 3.78. The summed E-state index contributed by atoms with van der Waals surface area (Å²) >= 11 is 3.33. The number of aromatic hydroxyl groups is 1. The second kappa shape index (κ2) is 5.41. The zero-order valence-corrected chi connectivity index (χ0v) is 12.9. The number of benzene rings is 2. The first-order valence-corrected chi connectivity index (χ1v) is 7.49. The fourth-order valence-electron chi connectivity index (χ4n) is 2.66. The minimum absolute atomic E-state index is 0.00146. The van der Waals surface area contributed by atoms with Crippen LogP contribution in [0.2, 0.25) is 0 Å². The molecule has 0 bridgehead atoms. The lowest BCUT2D eigenvalue weighted by Crippen LogP contribution is -2.36. The number of phenols is 1. The molecule has 1 amide bonds. The summed E-state index contributed by atoms with van der Waals surface area (Å²) in [5, 5.41) is 9.89. The fourth-order valence-corrected chi connectivity index (χ4v) is 3.02. The van der Waals surface area contributed by atoms with Gasteiger partial charge in [0.1, 0.15) is 5.75 Å². The van der Waals surface area contributed by atoms with Crippen molar-refractivity contribution >= 4 is 27.5 Å². The molecular formula is C16H15BrN2O2. The van der Waals surface area contributed by atoms with E-state index in [1.165, 1.54) is 6.07 Å². The highest BCUT2D eigenvalue weighted by Crippen LogP contribution is 2.28. The minimum Gasteiger partial charge on any atom is -0.507 e. The van der Waals surface area contributed by atoms with Gasteiger partial charge in [-0.05, 0) is 41.8 Å². The normalized spacial score (nSPS) is 13.9. The Bertz CT molecular complexity index is 715. The number of nitrogens with two attached hydrogens (primary N) is 1. The van der Waals surface area contributed by atoms with E-state index in [1.807, 2.05) is 18.2 Å². The molecule has 0 fully saturated rings. The molecule has 0 unspecified atom stereocenters. The van der Waals surface area contributed by atoms with E-state index in [4.69, 9.17) is 5.73 Å². The summed E-state index contributed by atoms with van der Waals surface area (Å²) in [6, 6.07) is 10.7. The van der Waals surface area contributed by atoms with E-state index in [-0.39, 0.29) is 11.7 Å². The maximum absolute atomic E-state index is 12.6. The summed E-state index contributed by atoms with van der Waals surface area (Å²) in [6.45, 7) is 1.12. The summed E-state index contributed by atoms with van der Waals surface area (Å²) in [5.74, 6) is -0.163. The highest BCUT2D eigenvalue weighted by molar-refractivity contribution is 9.10. The molecule has 3 rings (SSSR count). The Kier molecular flexibility index (Phi) is 3.59.